The molecule has 1 unspecified atom stereocenters. The van der Waals surface area contributed by atoms with Crippen molar-refractivity contribution < 1.29 is 35.9 Å². The summed E-state index contributed by atoms with van der Waals surface area (Å²) in [5.74, 6) is -1.03. The first kappa shape index (κ1) is 25.6. The zero-order valence-electron chi connectivity index (χ0n) is 18.0. The number of nitrogens with zero attached hydrogens (tertiary/aromatic N) is 3. The monoisotopic (exact) mass is 569 g/mol. The number of benzene rings is 1. The largest absolute Gasteiger partial charge is 0.409 e. The molecule has 1 aromatic carbocycles. The molecule has 36 heavy (non-hydrogen) atoms. The van der Waals surface area contributed by atoms with E-state index in [2.05, 4.69) is 9.38 Å². The molecule has 14 heteroatoms. The van der Waals surface area contributed by atoms with Crippen LogP contribution in [0, 0.1) is 0 Å². The number of carbonyl (C=O) groups is 1. The molecule has 1 atom stereocenters. The Morgan fingerprint density at radius 2 is 1.75 bits per heavy atom. The Morgan fingerprint density at radius 1 is 1.08 bits per heavy atom. The summed E-state index contributed by atoms with van der Waals surface area (Å²) in [6.07, 6.45) is -11.3. The topological polar surface area (TPSA) is 54.8 Å². The summed E-state index contributed by atoms with van der Waals surface area (Å²) in [5.41, 5.74) is 0.974. The second-order valence-corrected chi connectivity index (χ2v) is 10.7. The quantitative estimate of drug-likeness (QED) is 0.250. The van der Waals surface area contributed by atoms with Crippen molar-refractivity contribution >= 4 is 46.8 Å². The Hall–Kier alpha value is -2.02. The van der Waals surface area contributed by atoms with Crippen LogP contribution in [0.2, 0.25) is 10.3 Å². The molecule has 0 saturated carbocycles. The van der Waals surface area contributed by atoms with E-state index >= 15 is 0 Å². The van der Waals surface area contributed by atoms with Crippen LogP contribution in [0.4, 0.5) is 26.3 Å². The second-order valence-electron chi connectivity index (χ2n) is 8.83. The van der Waals surface area contributed by atoms with Gasteiger partial charge in [0, 0.05) is 6.42 Å². The standard InChI is InChI=1S/C22H15Cl2F6N3O2S/c23-16-4-13(5-17(24)31-16)20(22(28,29)30)6-15(32-36-20)11-1-2-14-12(3-11)8-35-19(14)9-33(10-19)18(34)7-21(25,26)27/h1-5H,6-10H2. The van der Waals surface area contributed by atoms with Crippen LogP contribution in [0.3, 0.4) is 0 Å². The Labute approximate surface area is 214 Å². The molecule has 1 fully saturated rings. The van der Waals surface area contributed by atoms with Crippen LogP contribution < -0.4 is 0 Å². The minimum atomic E-state index is -4.68. The molecular formula is C22H15Cl2F6N3O2S. The molecule has 1 spiro atoms. The predicted octanol–water partition coefficient (Wildman–Crippen LogP) is 6.21. The fourth-order valence-corrected chi connectivity index (χ4v) is 6.10. The summed E-state index contributed by atoms with van der Waals surface area (Å²) >= 11 is 12.1. The zero-order chi connectivity index (χ0) is 26.1. The van der Waals surface area contributed by atoms with Gasteiger partial charge in [0.1, 0.15) is 22.3 Å². The summed E-state index contributed by atoms with van der Waals surface area (Å²) in [5, 5.41) is -0.336. The average molecular weight is 570 g/mol. The van der Waals surface area contributed by atoms with Crippen molar-refractivity contribution in [2.75, 3.05) is 13.1 Å². The van der Waals surface area contributed by atoms with E-state index in [1.807, 2.05) is 0 Å². The highest BCUT2D eigenvalue weighted by Gasteiger charge is 2.60. The van der Waals surface area contributed by atoms with Crippen molar-refractivity contribution in [2.24, 2.45) is 4.40 Å². The van der Waals surface area contributed by atoms with Crippen LogP contribution in [-0.4, -0.2) is 46.9 Å². The van der Waals surface area contributed by atoms with Gasteiger partial charge in [-0.2, -0.15) is 26.3 Å². The van der Waals surface area contributed by atoms with E-state index in [4.69, 9.17) is 27.9 Å². The first-order chi connectivity index (χ1) is 16.7. The second kappa shape index (κ2) is 8.50. The Balaban J connectivity index is 1.37. The van der Waals surface area contributed by atoms with Crippen molar-refractivity contribution in [3.05, 3.63) is 62.9 Å². The maximum Gasteiger partial charge on any atom is 0.409 e. The molecule has 0 radical (unpaired) electrons. The summed E-state index contributed by atoms with van der Waals surface area (Å²) < 4.78 is 88.1. The van der Waals surface area contributed by atoms with Crippen LogP contribution in [0.1, 0.15) is 35.1 Å². The minimum Gasteiger partial charge on any atom is -0.362 e. The number of hydrogen-bond acceptors (Lipinski definition) is 5. The van der Waals surface area contributed by atoms with Crippen LogP contribution in [-0.2, 0) is 26.5 Å². The van der Waals surface area contributed by atoms with Gasteiger partial charge in [-0.25, -0.2) is 9.38 Å². The van der Waals surface area contributed by atoms with Crippen molar-refractivity contribution in [3.8, 4) is 0 Å². The molecular weight excluding hydrogens is 555 g/mol. The summed E-state index contributed by atoms with van der Waals surface area (Å²) in [7, 11) is 0. The number of pyridine rings is 1. The third-order valence-electron chi connectivity index (χ3n) is 6.45. The predicted molar refractivity (Wildman–Crippen MR) is 121 cm³/mol. The lowest BCUT2D eigenvalue weighted by molar-refractivity contribution is -0.185. The van der Waals surface area contributed by atoms with Gasteiger partial charge in [-0.15, -0.1) is 0 Å². The fourth-order valence-electron chi connectivity index (χ4n) is 4.68. The smallest absolute Gasteiger partial charge is 0.362 e. The van der Waals surface area contributed by atoms with E-state index in [1.54, 1.807) is 18.2 Å². The first-order valence-corrected chi connectivity index (χ1v) is 12.0. The third kappa shape index (κ3) is 4.35. The molecule has 3 aliphatic heterocycles. The first-order valence-electron chi connectivity index (χ1n) is 10.5. The van der Waals surface area contributed by atoms with Gasteiger partial charge in [-0.1, -0.05) is 35.3 Å². The number of rotatable bonds is 3. The van der Waals surface area contributed by atoms with Crippen molar-refractivity contribution in [3.63, 3.8) is 0 Å². The SMILES string of the molecule is O=C(CC(F)(F)F)N1CC2(C1)OCc1cc(C3=NSC(c4cc(Cl)nc(Cl)c4)(C(F)(F)F)C3)ccc12. The molecule has 0 bridgehead atoms. The van der Waals surface area contributed by atoms with Crippen LogP contribution in [0.5, 0.6) is 0 Å². The highest BCUT2D eigenvalue weighted by atomic mass is 35.5. The Kier molecular flexibility index (Phi) is 6.05. The molecule has 1 saturated heterocycles. The number of alkyl halides is 6. The summed E-state index contributed by atoms with van der Waals surface area (Å²) in [6.45, 7) is 0.0719. The number of hydrogen-bond donors (Lipinski definition) is 0. The molecule has 192 valence electrons. The summed E-state index contributed by atoms with van der Waals surface area (Å²) in [4.78, 5) is 16.6. The number of carbonyl (C=O) groups excluding carboxylic acids is 1. The number of aromatic nitrogens is 1. The van der Waals surface area contributed by atoms with Gasteiger partial charge >= 0.3 is 12.4 Å². The van der Waals surface area contributed by atoms with Crippen LogP contribution >= 0.6 is 35.1 Å². The van der Waals surface area contributed by atoms with E-state index in [1.165, 1.54) is 0 Å². The number of halogens is 8. The van der Waals surface area contributed by atoms with E-state index in [0.29, 0.717) is 28.6 Å². The number of likely N-dealkylation sites (tertiary alicyclic amines) is 1. The van der Waals surface area contributed by atoms with Gasteiger partial charge in [0.15, 0.2) is 4.75 Å². The normalized spacial score (nSPS) is 23.0. The molecule has 4 heterocycles. The molecule has 5 nitrogen and oxygen atoms in total. The molecule has 0 N–H and O–H groups in total. The molecule has 0 aliphatic carbocycles. The van der Waals surface area contributed by atoms with Crippen LogP contribution in [0.25, 0.3) is 0 Å². The van der Waals surface area contributed by atoms with E-state index in [0.717, 1.165) is 17.0 Å². The molecule has 1 aromatic heterocycles. The van der Waals surface area contributed by atoms with Gasteiger partial charge in [0.2, 0.25) is 5.91 Å². The number of amides is 1. The Bertz CT molecular complexity index is 1260. The van der Waals surface area contributed by atoms with Gasteiger partial charge in [-0.05, 0) is 52.4 Å². The molecule has 5 rings (SSSR count). The third-order valence-corrected chi connectivity index (χ3v) is 8.07. The van der Waals surface area contributed by atoms with Gasteiger partial charge < -0.3 is 9.64 Å². The maximum absolute atomic E-state index is 14.3. The maximum atomic E-state index is 14.3. The lowest BCUT2D eigenvalue weighted by Gasteiger charge is -2.47. The summed E-state index contributed by atoms with van der Waals surface area (Å²) in [6, 6.07) is 7.19. The highest BCUT2D eigenvalue weighted by molar-refractivity contribution is 7.99. The van der Waals surface area contributed by atoms with Crippen LogP contribution in [0.15, 0.2) is 34.7 Å². The average Bonchev–Trinajstić information content (AvgIpc) is 3.33. The molecule has 3 aliphatic rings. The number of fused-ring (bicyclic) bond motifs is 2. The van der Waals surface area contributed by atoms with Gasteiger partial charge in [-0.3, -0.25) is 4.79 Å². The van der Waals surface area contributed by atoms with Gasteiger partial charge in [0.05, 0.1) is 25.4 Å². The highest BCUT2D eigenvalue weighted by Crippen LogP contribution is 2.57. The zero-order valence-corrected chi connectivity index (χ0v) is 20.3. The van der Waals surface area contributed by atoms with E-state index < -0.39 is 41.4 Å². The lowest BCUT2D eigenvalue weighted by Crippen LogP contribution is -2.61. The van der Waals surface area contributed by atoms with E-state index in [9.17, 15) is 31.1 Å². The van der Waals surface area contributed by atoms with E-state index in [-0.39, 0.29) is 41.3 Å². The van der Waals surface area contributed by atoms with Crippen molar-refractivity contribution in [1.82, 2.24) is 9.88 Å². The minimum absolute atomic E-state index is 0.0220. The lowest BCUT2D eigenvalue weighted by atomic mass is 9.83. The number of ether oxygens (including phenoxy) is 1. The van der Waals surface area contributed by atoms with Crippen molar-refractivity contribution in [2.45, 2.75) is 42.1 Å². The fraction of sp³-hybridized carbons (Fsp3) is 0.409. The Morgan fingerprint density at radius 3 is 2.36 bits per heavy atom. The van der Waals surface area contributed by atoms with Gasteiger partial charge in [0.25, 0.3) is 0 Å². The van der Waals surface area contributed by atoms with Crippen molar-refractivity contribution in [1.29, 1.82) is 0 Å². The molecule has 2 aromatic rings. The molecule has 1 amide bonds.